The Hall–Kier alpha value is -1.95. The van der Waals surface area contributed by atoms with Crippen LogP contribution < -0.4 is 5.32 Å². The summed E-state index contributed by atoms with van der Waals surface area (Å²) in [6, 6.07) is 11.4. The van der Waals surface area contributed by atoms with Crippen LogP contribution in [0.25, 0.3) is 11.3 Å². The first-order chi connectivity index (χ1) is 10.9. The summed E-state index contributed by atoms with van der Waals surface area (Å²) < 4.78 is 17.3. The zero-order valence-corrected chi connectivity index (χ0v) is 14.5. The fraction of sp³-hybridized carbons (Fsp3) is 0.412. The van der Waals surface area contributed by atoms with Crippen LogP contribution in [0.2, 0.25) is 0 Å². The number of nitrogens with zero attached hydrogens (tertiary/aromatic N) is 1. The summed E-state index contributed by atoms with van der Waals surface area (Å²) in [6.45, 7) is 5.88. The summed E-state index contributed by atoms with van der Waals surface area (Å²) in [6.07, 6.45) is 0.813. The topological polar surface area (TPSA) is 72.2 Å². The Morgan fingerprint density at radius 1 is 1.30 bits per heavy atom. The van der Waals surface area contributed by atoms with Crippen LogP contribution in [-0.4, -0.2) is 26.6 Å². The van der Waals surface area contributed by atoms with Crippen molar-refractivity contribution < 1.29 is 13.5 Å². The standard InChI is InChI=1S/C17H22N2O3S/c1-4-17(2,3)18-16(20)12-23(21)11-14-10-15(19-22-14)13-8-6-5-7-9-13/h5-10H,4,11-12H2,1-3H3,(H,18,20)/t23-/m0/s1. The number of aromatic nitrogens is 1. The van der Waals surface area contributed by atoms with E-state index >= 15 is 0 Å². The number of hydrogen-bond donors (Lipinski definition) is 1. The lowest BCUT2D eigenvalue weighted by atomic mass is 10.0. The van der Waals surface area contributed by atoms with E-state index in [1.54, 1.807) is 6.07 Å². The minimum Gasteiger partial charge on any atom is -0.360 e. The molecule has 23 heavy (non-hydrogen) atoms. The SMILES string of the molecule is CCC(C)(C)NC(=O)C[S@@](=O)Cc1cc(-c2ccccc2)no1. The van der Waals surface area contributed by atoms with E-state index in [-0.39, 0.29) is 23.0 Å². The molecule has 2 rings (SSSR count). The summed E-state index contributed by atoms with van der Waals surface area (Å²) in [7, 11) is -1.33. The van der Waals surface area contributed by atoms with E-state index < -0.39 is 10.8 Å². The molecule has 1 N–H and O–H groups in total. The molecule has 0 unspecified atom stereocenters. The molecule has 0 bridgehead atoms. The Bertz CT molecular complexity index is 680. The van der Waals surface area contributed by atoms with Gasteiger partial charge in [0.05, 0.1) is 5.75 Å². The van der Waals surface area contributed by atoms with Gasteiger partial charge in [-0.05, 0) is 20.3 Å². The Balaban J connectivity index is 1.91. The molecule has 1 amide bonds. The first kappa shape index (κ1) is 17.4. The average molecular weight is 334 g/mol. The highest BCUT2D eigenvalue weighted by atomic mass is 32.2. The highest BCUT2D eigenvalue weighted by molar-refractivity contribution is 7.84. The molecule has 6 heteroatoms. The molecule has 0 aliphatic rings. The second-order valence-corrected chi connectivity index (χ2v) is 7.52. The number of carbonyl (C=O) groups excluding carboxylic acids is 1. The van der Waals surface area contributed by atoms with Crippen LogP contribution in [0.1, 0.15) is 33.0 Å². The van der Waals surface area contributed by atoms with E-state index in [4.69, 9.17) is 4.52 Å². The Morgan fingerprint density at radius 3 is 2.65 bits per heavy atom. The van der Waals surface area contributed by atoms with Gasteiger partial charge in [-0.25, -0.2) is 0 Å². The van der Waals surface area contributed by atoms with Crippen molar-refractivity contribution in [2.24, 2.45) is 0 Å². The van der Waals surface area contributed by atoms with Crippen LogP contribution in [0.15, 0.2) is 40.9 Å². The number of benzene rings is 1. The van der Waals surface area contributed by atoms with Gasteiger partial charge in [0.15, 0.2) is 0 Å². The molecule has 0 saturated heterocycles. The van der Waals surface area contributed by atoms with Crippen molar-refractivity contribution in [1.82, 2.24) is 10.5 Å². The molecule has 0 aliphatic heterocycles. The molecule has 1 atom stereocenters. The monoisotopic (exact) mass is 334 g/mol. The van der Waals surface area contributed by atoms with Gasteiger partial charge in [-0.15, -0.1) is 0 Å². The van der Waals surface area contributed by atoms with Gasteiger partial charge in [0, 0.05) is 28.0 Å². The van der Waals surface area contributed by atoms with Crippen molar-refractivity contribution in [2.75, 3.05) is 5.75 Å². The van der Waals surface area contributed by atoms with Gasteiger partial charge in [-0.1, -0.05) is 42.4 Å². The highest BCUT2D eigenvalue weighted by Gasteiger charge is 2.20. The van der Waals surface area contributed by atoms with Crippen molar-refractivity contribution in [3.63, 3.8) is 0 Å². The molecule has 2 aromatic rings. The molecule has 1 heterocycles. The van der Waals surface area contributed by atoms with Crippen molar-refractivity contribution in [1.29, 1.82) is 0 Å². The second-order valence-electron chi connectivity index (χ2n) is 6.06. The largest absolute Gasteiger partial charge is 0.360 e. The maximum absolute atomic E-state index is 12.1. The average Bonchev–Trinajstić information content (AvgIpc) is 2.95. The molecule has 0 spiro atoms. The minimum atomic E-state index is -1.33. The third-order valence-electron chi connectivity index (χ3n) is 3.59. The lowest BCUT2D eigenvalue weighted by Crippen LogP contribution is -2.44. The molecule has 1 aromatic carbocycles. The van der Waals surface area contributed by atoms with E-state index in [9.17, 15) is 9.00 Å². The van der Waals surface area contributed by atoms with Gasteiger partial charge in [0.1, 0.15) is 17.2 Å². The molecule has 1 aromatic heterocycles. The lowest BCUT2D eigenvalue weighted by Gasteiger charge is -2.24. The van der Waals surface area contributed by atoms with E-state index in [1.165, 1.54) is 0 Å². The van der Waals surface area contributed by atoms with Crippen LogP contribution in [0.4, 0.5) is 0 Å². The fourth-order valence-corrected chi connectivity index (χ4v) is 2.90. The second kappa shape index (κ2) is 7.55. The van der Waals surface area contributed by atoms with Gasteiger partial charge in [0.25, 0.3) is 0 Å². The van der Waals surface area contributed by atoms with E-state index in [0.29, 0.717) is 11.5 Å². The van der Waals surface area contributed by atoms with E-state index in [0.717, 1.165) is 12.0 Å². The Morgan fingerprint density at radius 2 is 2.00 bits per heavy atom. The van der Waals surface area contributed by atoms with Gasteiger partial charge >= 0.3 is 0 Å². The van der Waals surface area contributed by atoms with Crippen molar-refractivity contribution >= 4 is 16.7 Å². The molecule has 0 radical (unpaired) electrons. The minimum absolute atomic E-state index is 0.0369. The first-order valence-corrected chi connectivity index (χ1v) is 9.05. The zero-order valence-electron chi connectivity index (χ0n) is 13.7. The summed E-state index contributed by atoms with van der Waals surface area (Å²) in [5.41, 5.74) is 1.36. The smallest absolute Gasteiger partial charge is 0.233 e. The summed E-state index contributed by atoms with van der Waals surface area (Å²) in [5.74, 6) is 0.452. The van der Waals surface area contributed by atoms with Crippen LogP contribution in [0.3, 0.4) is 0 Å². The lowest BCUT2D eigenvalue weighted by molar-refractivity contribution is -0.120. The number of hydrogen-bond acceptors (Lipinski definition) is 4. The molecule has 0 aliphatic carbocycles. The van der Waals surface area contributed by atoms with E-state index in [2.05, 4.69) is 10.5 Å². The quantitative estimate of drug-likeness (QED) is 0.845. The summed E-state index contributed by atoms with van der Waals surface area (Å²) in [5, 5.41) is 6.86. The third kappa shape index (κ3) is 5.32. The predicted molar refractivity (Wildman–Crippen MR) is 91.2 cm³/mol. The highest BCUT2D eigenvalue weighted by Crippen LogP contribution is 2.19. The van der Waals surface area contributed by atoms with E-state index in [1.807, 2.05) is 51.1 Å². The Labute approximate surface area is 138 Å². The van der Waals surface area contributed by atoms with Crippen molar-refractivity contribution in [3.05, 3.63) is 42.2 Å². The normalized spacial score (nSPS) is 12.8. The van der Waals surface area contributed by atoms with Gasteiger partial charge < -0.3 is 9.84 Å². The molecular weight excluding hydrogens is 312 g/mol. The fourth-order valence-electron chi connectivity index (χ4n) is 1.98. The van der Waals surface area contributed by atoms with Crippen LogP contribution >= 0.6 is 0 Å². The van der Waals surface area contributed by atoms with Crippen LogP contribution in [0.5, 0.6) is 0 Å². The van der Waals surface area contributed by atoms with Gasteiger partial charge in [0.2, 0.25) is 5.91 Å². The zero-order chi connectivity index (χ0) is 16.9. The molecule has 5 nitrogen and oxygen atoms in total. The van der Waals surface area contributed by atoms with Crippen LogP contribution in [-0.2, 0) is 21.3 Å². The predicted octanol–water partition coefficient (Wildman–Crippen LogP) is 2.90. The maximum Gasteiger partial charge on any atom is 0.233 e. The molecule has 0 saturated carbocycles. The number of amides is 1. The molecule has 124 valence electrons. The van der Waals surface area contributed by atoms with Gasteiger partial charge in [-0.3, -0.25) is 9.00 Å². The van der Waals surface area contributed by atoms with Gasteiger partial charge in [-0.2, -0.15) is 0 Å². The maximum atomic E-state index is 12.1. The number of carbonyl (C=O) groups is 1. The molecule has 0 fully saturated rings. The summed E-state index contributed by atoms with van der Waals surface area (Å²) in [4.78, 5) is 11.9. The summed E-state index contributed by atoms with van der Waals surface area (Å²) >= 11 is 0. The Kier molecular flexibility index (Phi) is 5.71. The number of nitrogens with one attached hydrogen (secondary N) is 1. The van der Waals surface area contributed by atoms with Crippen molar-refractivity contribution in [3.8, 4) is 11.3 Å². The van der Waals surface area contributed by atoms with Crippen molar-refractivity contribution in [2.45, 2.75) is 38.5 Å². The van der Waals surface area contributed by atoms with Crippen LogP contribution in [0, 0.1) is 0 Å². The third-order valence-corrected chi connectivity index (χ3v) is 4.78. The first-order valence-electron chi connectivity index (χ1n) is 7.56. The number of rotatable bonds is 7. The molecular formula is C17H22N2O3S.